The molecule has 0 aliphatic carbocycles. The van der Waals surface area contributed by atoms with Crippen molar-refractivity contribution < 1.29 is 4.74 Å². The van der Waals surface area contributed by atoms with Crippen LogP contribution in [0.25, 0.3) is 0 Å². The summed E-state index contributed by atoms with van der Waals surface area (Å²) < 4.78 is 5.39. The normalized spacial score (nSPS) is 9.67. The number of rotatable bonds is 2. The molecule has 0 N–H and O–H groups in total. The van der Waals surface area contributed by atoms with Gasteiger partial charge in [-0.05, 0) is 12.1 Å². The van der Waals surface area contributed by atoms with E-state index in [0.717, 1.165) is 5.75 Å². The molecule has 0 saturated heterocycles. The van der Waals surface area contributed by atoms with Gasteiger partial charge in [0, 0.05) is 0 Å². The predicted molar refractivity (Wildman–Crippen MR) is 47.5 cm³/mol. The Morgan fingerprint density at radius 2 is 2.08 bits per heavy atom. The highest BCUT2D eigenvalue weighted by Gasteiger charge is 1.96. The van der Waals surface area contributed by atoms with Gasteiger partial charge >= 0.3 is 0 Å². The van der Waals surface area contributed by atoms with Crippen LogP contribution in [0, 0.1) is 5.51 Å². The molecule has 0 amide bonds. The molecule has 2 aromatic rings. The Balaban J connectivity index is 2.15. The molecule has 0 unspecified atom stereocenters. The first kappa shape index (κ1) is 7.31. The van der Waals surface area contributed by atoms with Gasteiger partial charge in [0.15, 0.2) is 5.51 Å². The van der Waals surface area contributed by atoms with Gasteiger partial charge < -0.3 is 4.74 Å². The van der Waals surface area contributed by atoms with Crippen LogP contribution in [0.1, 0.15) is 0 Å². The minimum atomic E-state index is 0.603. The zero-order valence-electron chi connectivity index (χ0n) is 6.23. The second-order valence-electron chi connectivity index (χ2n) is 2.19. The lowest BCUT2D eigenvalue weighted by Gasteiger charge is -1.99. The summed E-state index contributed by atoms with van der Waals surface area (Å²) in [6.45, 7) is 0. The number of hydrogen-bond donors (Lipinski definition) is 0. The number of aromatic nitrogens is 1. The van der Waals surface area contributed by atoms with Crippen molar-refractivity contribution in [1.29, 1.82) is 0 Å². The van der Waals surface area contributed by atoms with Crippen LogP contribution in [0.4, 0.5) is 0 Å². The summed E-state index contributed by atoms with van der Waals surface area (Å²) in [7, 11) is 0. The fourth-order valence-electron chi connectivity index (χ4n) is 0.831. The predicted octanol–water partition coefficient (Wildman–Crippen LogP) is 2.74. The number of benzene rings is 1. The van der Waals surface area contributed by atoms with E-state index in [1.807, 2.05) is 35.7 Å². The van der Waals surface area contributed by atoms with Crippen molar-refractivity contribution in [2.24, 2.45) is 0 Å². The Labute approximate surface area is 74.5 Å². The molecule has 0 aliphatic rings. The molecular weight excluding hydrogens is 170 g/mol. The number of para-hydroxylation sites is 1. The topological polar surface area (TPSA) is 22.1 Å². The summed E-state index contributed by atoms with van der Waals surface area (Å²) in [4.78, 5) is 3.88. The number of hydrogen-bond acceptors (Lipinski definition) is 3. The minimum absolute atomic E-state index is 0.603. The van der Waals surface area contributed by atoms with Crippen molar-refractivity contribution in [1.82, 2.24) is 4.98 Å². The van der Waals surface area contributed by atoms with Gasteiger partial charge in [-0.15, -0.1) is 11.3 Å². The second-order valence-corrected chi connectivity index (χ2v) is 2.85. The van der Waals surface area contributed by atoms with Crippen molar-refractivity contribution in [2.75, 3.05) is 0 Å². The molecule has 0 aliphatic heterocycles. The van der Waals surface area contributed by atoms with E-state index in [-0.39, 0.29) is 0 Å². The van der Waals surface area contributed by atoms with E-state index in [9.17, 15) is 0 Å². The van der Waals surface area contributed by atoms with Crippen LogP contribution in [0.3, 0.4) is 0 Å². The largest absolute Gasteiger partial charge is 0.438 e. The zero-order valence-corrected chi connectivity index (χ0v) is 7.04. The number of ether oxygens (including phenoxy) is 1. The van der Waals surface area contributed by atoms with Gasteiger partial charge in [-0.3, -0.25) is 0 Å². The Morgan fingerprint density at radius 1 is 1.25 bits per heavy atom. The lowest BCUT2D eigenvalue weighted by Crippen LogP contribution is -1.81. The van der Waals surface area contributed by atoms with Crippen molar-refractivity contribution in [3.05, 3.63) is 41.2 Å². The minimum Gasteiger partial charge on any atom is -0.438 e. The molecule has 2 rings (SSSR count). The molecular formula is C9H6NOS. The van der Waals surface area contributed by atoms with Gasteiger partial charge in [0.2, 0.25) is 5.88 Å². The standard InChI is InChI=1S/C9H6NOS/c1-2-4-8(5-3-1)11-9-6-12-7-10-9/h1-6H. The lowest BCUT2D eigenvalue weighted by molar-refractivity contribution is 0.466. The van der Waals surface area contributed by atoms with Crippen LogP contribution in [0.2, 0.25) is 0 Å². The number of nitrogens with zero attached hydrogens (tertiary/aromatic N) is 1. The smallest absolute Gasteiger partial charge is 0.230 e. The van der Waals surface area contributed by atoms with E-state index >= 15 is 0 Å². The average molecular weight is 176 g/mol. The van der Waals surface area contributed by atoms with Crippen LogP contribution in [0.15, 0.2) is 35.7 Å². The van der Waals surface area contributed by atoms with Crippen LogP contribution in [-0.2, 0) is 0 Å². The molecule has 59 valence electrons. The molecule has 12 heavy (non-hydrogen) atoms. The Morgan fingerprint density at radius 3 is 2.75 bits per heavy atom. The summed E-state index contributed by atoms with van der Waals surface area (Å²) in [6, 6.07) is 9.57. The molecule has 0 bridgehead atoms. The van der Waals surface area contributed by atoms with Crippen LogP contribution in [-0.4, -0.2) is 4.98 Å². The first-order valence-corrected chi connectivity index (χ1v) is 4.37. The van der Waals surface area contributed by atoms with Gasteiger partial charge in [-0.2, -0.15) is 4.98 Å². The van der Waals surface area contributed by atoms with Crippen LogP contribution < -0.4 is 4.74 Å². The molecule has 1 aromatic heterocycles. The summed E-state index contributed by atoms with van der Waals surface area (Å²) in [5.41, 5.74) is 2.72. The molecule has 1 aromatic carbocycles. The fraction of sp³-hybridized carbons (Fsp3) is 0. The summed E-state index contributed by atoms with van der Waals surface area (Å²) in [6.07, 6.45) is 0. The molecule has 1 radical (unpaired) electrons. The highest BCUT2D eigenvalue weighted by atomic mass is 32.1. The summed E-state index contributed by atoms with van der Waals surface area (Å²) in [5.74, 6) is 1.41. The van der Waals surface area contributed by atoms with Crippen molar-refractivity contribution >= 4 is 11.3 Å². The second kappa shape index (κ2) is 3.36. The molecule has 3 heteroatoms. The van der Waals surface area contributed by atoms with E-state index in [0.29, 0.717) is 5.88 Å². The first-order chi connectivity index (χ1) is 5.95. The summed E-state index contributed by atoms with van der Waals surface area (Å²) >= 11 is 1.40. The maximum Gasteiger partial charge on any atom is 0.230 e. The van der Waals surface area contributed by atoms with Crippen molar-refractivity contribution in [3.8, 4) is 11.6 Å². The van der Waals surface area contributed by atoms with Gasteiger partial charge in [0.25, 0.3) is 0 Å². The van der Waals surface area contributed by atoms with Gasteiger partial charge in [0.05, 0.1) is 5.38 Å². The molecule has 2 nitrogen and oxygen atoms in total. The maximum atomic E-state index is 5.39. The molecule has 0 fully saturated rings. The summed E-state index contributed by atoms with van der Waals surface area (Å²) in [5, 5.41) is 1.81. The van der Waals surface area contributed by atoms with E-state index in [1.165, 1.54) is 11.3 Å². The quantitative estimate of drug-likeness (QED) is 0.701. The third kappa shape index (κ3) is 1.62. The number of thiazole rings is 1. The van der Waals surface area contributed by atoms with E-state index in [2.05, 4.69) is 10.5 Å². The highest BCUT2D eigenvalue weighted by Crippen LogP contribution is 2.19. The van der Waals surface area contributed by atoms with E-state index in [4.69, 9.17) is 4.74 Å². The van der Waals surface area contributed by atoms with E-state index < -0.39 is 0 Å². The first-order valence-electron chi connectivity index (χ1n) is 3.49. The van der Waals surface area contributed by atoms with Crippen LogP contribution >= 0.6 is 11.3 Å². The van der Waals surface area contributed by atoms with Crippen molar-refractivity contribution in [2.45, 2.75) is 0 Å². The average Bonchev–Trinajstić information content (AvgIpc) is 2.59. The monoisotopic (exact) mass is 176 g/mol. The third-order valence-electron chi connectivity index (χ3n) is 1.33. The Hall–Kier alpha value is -1.35. The fourth-order valence-corrected chi connectivity index (χ4v) is 1.23. The third-order valence-corrected chi connectivity index (χ3v) is 1.85. The zero-order chi connectivity index (χ0) is 8.23. The molecule has 0 atom stereocenters. The highest BCUT2D eigenvalue weighted by molar-refractivity contribution is 7.07. The Kier molecular flexibility index (Phi) is 2.05. The van der Waals surface area contributed by atoms with Gasteiger partial charge in [-0.1, -0.05) is 18.2 Å². The SMILES string of the molecule is [c]1nc(Oc2ccccc2)cs1. The molecule has 0 saturated carbocycles. The lowest BCUT2D eigenvalue weighted by atomic mass is 10.3. The van der Waals surface area contributed by atoms with Crippen molar-refractivity contribution in [3.63, 3.8) is 0 Å². The molecule has 1 heterocycles. The Bertz CT molecular complexity index is 331. The van der Waals surface area contributed by atoms with Crippen LogP contribution in [0.5, 0.6) is 11.6 Å². The van der Waals surface area contributed by atoms with Gasteiger partial charge in [-0.25, -0.2) is 0 Å². The molecule has 0 spiro atoms. The van der Waals surface area contributed by atoms with E-state index in [1.54, 1.807) is 0 Å². The maximum absolute atomic E-state index is 5.39. The van der Waals surface area contributed by atoms with Gasteiger partial charge in [0.1, 0.15) is 5.75 Å².